The van der Waals surface area contributed by atoms with Crippen molar-refractivity contribution in [3.63, 3.8) is 0 Å². The zero-order valence-corrected chi connectivity index (χ0v) is 10.4. The van der Waals surface area contributed by atoms with E-state index in [1.807, 2.05) is 24.3 Å². The van der Waals surface area contributed by atoms with Crippen molar-refractivity contribution in [3.8, 4) is 0 Å². The smallest absolute Gasteiger partial charge is 0.0571 e. The minimum atomic E-state index is 0.754. The fourth-order valence-corrected chi connectivity index (χ4v) is 2.22. The van der Waals surface area contributed by atoms with Gasteiger partial charge in [0.15, 0.2) is 0 Å². The van der Waals surface area contributed by atoms with E-state index in [-0.39, 0.29) is 0 Å². The lowest BCUT2D eigenvalue weighted by Crippen LogP contribution is -2.27. The number of hydrogen-bond acceptors (Lipinski definition) is 2. The summed E-state index contributed by atoms with van der Waals surface area (Å²) in [5.74, 6) is 0. The number of hydrogen-bond donors (Lipinski definition) is 1. The molecule has 0 aliphatic carbocycles. The lowest BCUT2D eigenvalue weighted by atomic mass is 10.00. The maximum Gasteiger partial charge on any atom is 0.0571 e. The highest BCUT2D eigenvalue weighted by atomic mass is 15.2. The average Bonchev–Trinajstić information content (AvgIpc) is 2.34. The second-order valence-corrected chi connectivity index (χ2v) is 4.19. The van der Waals surface area contributed by atoms with Crippen LogP contribution in [0.5, 0.6) is 0 Å². The Hall–Kier alpha value is -1.96. The Morgan fingerprint density at radius 3 is 2.47 bits per heavy atom. The van der Waals surface area contributed by atoms with E-state index in [0.717, 1.165) is 17.9 Å². The van der Waals surface area contributed by atoms with Crippen LogP contribution in [0.15, 0.2) is 60.0 Å². The molecule has 0 saturated carbocycles. The molecule has 1 aliphatic rings. The minimum absolute atomic E-state index is 0.754. The molecule has 2 nitrogen and oxygen atoms in total. The molecule has 1 heterocycles. The van der Waals surface area contributed by atoms with E-state index in [0.29, 0.717) is 0 Å². The number of nitrogens with two attached hydrogens (primary N) is 1. The lowest BCUT2D eigenvalue weighted by molar-refractivity contribution is 0.517. The number of benzene rings is 1. The Kier molecular flexibility index (Phi) is 3.05. The molecule has 0 fully saturated rings. The van der Waals surface area contributed by atoms with Crippen molar-refractivity contribution in [1.82, 2.24) is 4.90 Å². The standard InChI is InChI=1S/C15H18N2/c1-4-17-12(3)14(16)10-11(2)15(17)13-8-6-5-7-9-13/h5-10H,3-4,16H2,1-2H3. The topological polar surface area (TPSA) is 29.3 Å². The Morgan fingerprint density at radius 1 is 1.24 bits per heavy atom. The van der Waals surface area contributed by atoms with Crippen LogP contribution in [0.3, 0.4) is 0 Å². The van der Waals surface area contributed by atoms with Crippen LogP contribution in [0.4, 0.5) is 0 Å². The first-order valence-electron chi connectivity index (χ1n) is 5.85. The first-order chi connectivity index (χ1) is 8.15. The molecule has 2 rings (SSSR count). The van der Waals surface area contributed by atoms with Crippen LogP contribution in [-0.2, 0) is 0 Å². The van der Waals surface area contributed by atoms with Crippen LogP contribution in [0.25, 0.3) is 5.70 Å². The fourth-order valence-electron chi connectivity index (χ4n) is 2.22. The van der Waals surface area contributed by atoms with E-state index < -0.39 is 0 Å². The van der Waals surface area contributed by atoms with Crippen LogP contribution < -0.4 is 5.73 Å². The maximum atomic E-state index is 5.96. The molecule has 1 aliphatic heterocycles. The Bertz CT molecular complexity index is 495. The zero-order valence-electron chi connectivity index (χ0n) is 10.4. The van der Waals surface area contributed by atoms with Gasteiger partial charge >= 0.3 is 0 Å². The van der Waals surface area contributed by atoms with Crippen LogP contribution in [0.2, 0.25) is 0 Å². The van der Waals surface area contributed by atoms with Gasteiger partial charge in [-0.1, -0.05) is 36.9 Å². The normalized spacial score (nSPS) is 16.2. The molecule has 17 heavy (non-hydrogen) atoms. The van der Waals surface area contributed by atoms with E-state index in [1.165, 1.54) is 16.8 Å². The summed E-state index contributed by atoms with van der Waals surface area (Å²) < 4.78 is 0. The summed E-state index contributed by atoms with van der Waals surface area (Å²) in [5, 5.41) is 0. The first kappa shape index (κ1) is 11.5. The number of nitrogens with zero attached hydrogens (tertiary/aromatic N) is 1. The van der Waals surface area contributed by atoms with Crippen molar-refractivity contribution in [1.29, 1.82) is 0 Å². The molecule has 0 amide bonds. The maximum absolute atomic E-state index is 5.96. The molecule has 0 spiro atoms. The Labute approximate surface area is 103 Å². The molecular weight excluding hydrogens is 208 g/mol. The summed E-state index contributed by atoms with van der Waals surface area (Å²) in [6.07, 6.45) is 2.00. The predicted octanol–water partition coefficient (Wildman–Crippen LogP) is 3.11. The molecule has 0 bridgehead atoms. The second-order valence-electron chi connectivity index (χ2n) is 4.19. The Balaban J connectivity index is 2.56. The number of allylic oxidation sites excluding steroid dienone is 2. The van der Waals surface area contributed by atoms with Crippen molar-refractivity contribution in [2.75, 3.05) is 6.54 Å². The van der Waals surface area contributed by atoms with Crippen molar-refractivity contribution in [3.05, 3.63) is 65.5 Å². The van der Waals surface area contributed by atoms with Gasteiger partial charge in [0.05, 0.1) is 17.1 Å². The SMILES string of the molecule is C=C1C(N)=CC(C)=C(c2ccccc2)N1CC. The van der Waals surface area contributed by atoms with Gasteiger partial charge in [-0.25, -0.2) is 0 Å². The molecule has 0 atom stereocenters. The molecule has 88 valence electrons. The summed E-state index contributed by atoms with van der Waals surface area (Å²) >= 11 is 0. The summed E-state index contributed by atoms with van der Waals surface area (Å²) in [6, 6.07) is 10.4. The van der Waals surface area contributed by atoms with Gasteiger partial charge in [0.2, 0.25) is 0 Å². The largest absolute Gasteiger partial charge is 0.397 e. The van der Waals surface area contributed by atoms with Crippen LogP contribution in [0, 0.1) is 0 Å². The predicted molar refractivity (Wildman–Crippen MR) is 72.8 cm³/mol. The third kappa shape index (κ3) is 1.98. The van der Waals surface area contributed by atoms with E-state index >= 15 is 0 Å². The average molecular weight is 226 g/mol. The fraction of sp³-hybridized carbons (Fsp3) is 0.200. The minimum Gasteiger partial charge on any atom is -0.397 e. The molecule has 2 N–H and O–H groups in total. The molecule has 0 unspecified atom stereocenters. The molecule has 2 heteroatoms. The highest BCUT2D eigenvalue weighted by Crippen LogP contribution is 2.32. The molecule has 0 aromatic heterocycles. The highest BCUT2D eigenvalue weighted by molar-refractivity contribution is 5.73. The second kappa shape index (κ2) is 4.50. The lowest BCUT2D eigenvalue weighted by Gasteiger charge is -2.33. The summed E-state index contributed by atoms with van der Waals surface area (Å²) in [4.78, 5) is 2.17. The van der Waals surface area contributed by atoms with Gasteiger partial charge in [0.25, 0.3) is 0 Å². The highest BCUT2D eigenvalue weighted by Gasteiger charge is 2.20. The van der Waals surface area contributed by atoms with Gasteiger partial charge in [0, 0.05) is 6.54 Å². The third-order valence-corrected chi connectivity index (χ3v) is 3.04. The number of rotatable bonds is 2. The van der Waals surface area contributed by atoms with Gasteiger partial charge in [-0.05, 0) is 31.1 Å². The van der Waals surface area contributed by atoms with Crippen molar-refractivity contribution in [2.45, 2.75) is 13.8 Å². The van der Waals surface area contributed by atoms with Crippen molar-refractivity contribution < 1.29 is 0 Å². The van der Waals surface area contributed by atoms with Crippen LogP contribution in [0.1, 0.15) is 19.4 Å². The molecule has 0 radical (unpaired) electrons. The monoisotopic (exact) mass is 226 g/mol. The summed E-state index contributed by atoms with van der Waals surface area (Å²) in [5.41, 5.74) is 11.2. The van der Waals surface area contributed by atoms with E-state index in [9.17, 15) is 0 Å². The van der Waals surface area contributed by atoms with E-state index in [2.05, 4.69) is 37.5 Å². The van der Waals surface area contributed by atoms with Crippen LogP contribution >= 0.6 is 0 Å². The molecule has 1 aromatic carbocycles. The van der Waals surface area contributed by atoms with Gasteiger partial charge in [-0.15, -0.1) is 0 Å². The zero-order chi connectivity index (χ0) is 12.4. The third-order valence-electron chi connectivity index (χ3n) is 3.04. The van der Waals surface area contributed by atoms with E-state index in [4.69, 9.17) is 5.73 Å². The van der Waals surface area contributed by atoms with E-state index in [1.54, 1.807) is 0 Å². The van der Waals surface area contributed by atoms with Crippen LogP contribution in [-0.4, -0.2) is 11.4 Å². The van der Waals surface area contributed by atoms with Gasteiger partial charge in [-0.3, -0.25) is 0 Å². The van der Waals surface area contributed by atoms with Crippen molar-refractivity contribution in [2.24, 2.45) is 5.73 Å². The Morgan fingerprint density at radius 2 is 1.88 bits per heavy atom. The summed E-state index contributed by atoms with van der Waals surface area (Å²) in [7, 11) is 0. The molecule has 0 saturated heterocycles. The quantitative estimate of drug-likeness (QED) is 0.839. The first-order valence-corrected chi connectivity index (χ1v) is 5.85. The summed E-state index contributed by atoms with van der Waals surface area (Å²) in [6.45, 7) is 9.12. The van der Waals surface area contributed by atoms with Crippen molar-refractivity contribution >= 4 is 5.70 Å². The molecular formula is C15H18N2. The van der Waals surface area contributed by atoms with Gasteiger partial charge in [-0.2, -0.15) is 0 Å². The molecule has 1 aromatic rings. The van der Waals surface area contributed by atoms with Gasteiger partial charge in [0.1, 0.15) is 0 Å². The van der Waals surface area contributed by atoms with Gasteiger partial charge < -0.3 is 10.6 Å². The number of likely N-dealkylation sites (N-methyl/N-ethyl adjacent to an activating group) is 1.